The molecule has 0 aliphatic carbocycles. The molecule has 4 rings (SSSR count). The molecule has 1 aromatic heterocycles. The van der Waals surface area contributed by atoms with E-state index in [9.17, 15) is 0 Å². The van der Waals surface area contributed by atoms with Crippen LogP contribution in [0, 0.1) is 0 Å². The lowest BCUT2D eigenvalue weighted by atomic mass is 10.3. The van der Waals surface area contributed by atoms with Crippen LogP contribution in [-0.4, -0.2) is 29.0 Å². The highest BCUT2D eigenvalue weighted by Crippen LogP contribution is 2.32. The molecule has 1 aliphatic rings. The number of nitrogens with two attached hydrogens (primary N) is 1. The molecule has 27 heavy (non-hydrogen) atoms. The van der Waals surface area contributed by atoms with Gasteiger partial charge in [-0.3, -0.25) is 0 Å². The number of aromatic nitrogens is 2. The summed E-state index contributed by atoms with van der Waals surface area (Å²) in [5.74, 6) is 1.80. The maximum Gasteiger partial charge on any atom is 0.193 e. The molecule has 0 fully saturated rings. The maximum absolute atomic E-state index is 6.02. The van der Waals surface area contributed by atoms with Crippen molar-refractivity contribution >= 4 is 11.6 Å². The summed E-state index contributed by atoms with van der Waals surface area (Å²) in [7, 11) is 0. The summed E-state index contributed by atoms with van der Waals surface area (Å²) < 4.78 is 13.1. The lowest BCUT2D eigenvalue weighted by Crippen LogP contribution is -2.22. The highest BCUT2D eigenvalue weighted by molar-refractivity contribution is 5.92. The predicted octanol–water partition coefficient (Wildman–Crippen LogP) is 2.96. The highest BCUT2D eigenvalue weighted by Gasteiger charge is 2.11. The van der Waals surface area contributed by atoms with Crippen molar-refractivity contribution in [2.24, 2.45) is 10.7 Å². The van der Waals surface area contributed by atoms with Crippen molar-refractivity contribution in [3.63, 3.8) is 0 Å². The smallest absolute Gasteiger partial charge is 0.193 e. The Balaban J connectivity index is 1.40. The number of nitrogens with one attached hydrogen (secondary N) is 1. The first-order valence-electron chi connectivity index (χ1n) is 8.83. The number of fused-ring (bicyclic) bond motifs is 1. The van der Waals surface area contributed by atoms with Crippen LogP contribution in [0.25, 0.3) is 5.69 Å². The number of para-hydroxylation sites is 1. The van der Waals surface area contributed by atoms with Gasteiger partial charge in [0.05, 0.1) is 31.6 Å². The van der Waals surface area contributed by atoms with Gasteiger partial charge in [-0.1, -0.05) is 18.2 Å². The minimum Gasteiger partial charge on any atom is -0.490 e. The molecule has 2 heterocycles. The fraction of sp³-hybridized carbons (Fsp3) is 0.200. The summed E-state index contributed by atoms with van der Waals surface area (Å²) >= 11 is 0. The molecular formula is C20H21N5O2. The first-order valence-corrected chi connectivity index (χ1v) is 8.83. The van der Waals surface area contributed by atoms with Gasteiger partial charge in [0, 0.05) is 29.9 Å². The van der Waals surface area contributed by atoms with Gasteiger partial charge in [-0.25, -0.2) is 9.67 Å². The molecule has 0 saturated heterocycles. The van der Waals surface area contributed by atoms with Gasteiger partial charge in [0.15, 0.2) is 17.5 Å². The Labute approximate surface area is 157 Å². The van der Waals surface area contributed by atoms with E-state index in [1.54, 1.807) is 6.20 Å². The molecule has 7 heteroatoms. The van der Waals surface area contributed by atoms with Crippen molar-refractivity contribution < 1.29 is 9.47 Å². The van der Waals surface area contributed by atoms with Crippen molar-refractivity contribution in [2.45, 2.75) is 13.0 Å². The zero-order valence-electron chi connectivity index (χ0n) is 14.8. The van der Waals surface area contributed by atoms with Crippen LogP contribution in [0.4, 0.5) is 5.69 Å². The number of hydrogen-bond acceptors (Lipinski definition) is 4. The monoisotopic (exact) mass is 363 g/mol. The molecular weight excluding hydrogens is 342 g/mol. The van der Waals surface area contributed by atoms with E-state index in [0.717, 1.165) is 34.9 Å². The molecule has 0 unspecified atom stereocenters. The number of ether oxygens (including phenoxy) is 2. The summed E-state index contributed by atoms with van der Waals surface area (Å²) in [4.78, 5) is 4.39. The van der Waals surface area contributed by atoms with Gasteiger partial charge in [0.25, 0.3) is 0 Å². The van der Waals surface area contributed by atoms with Crippen LogP contribution in [0.15, 0.2) is 65.9 Å². The fourth-order valence-electron chi connectivity index (χ4n) is 2.77. The standard InChI is InChI=1S/C20H21N5O2/c21-20(24-16-7-8-18-19(11-16)27-10-4-9-26-18)22-12-15-13-23-25(14-15)17-5-2-1-3-6-17/h1-3,5-8,11,13-14H,4,9-10,12H2,(H3,21,22,24). The Hall–Kier alpha value is -3.48. The highest BCUT2D eigenvalue weighted by atomic mass is 16.5. The van der Waals surface area contributed by atoms with E-state index in [4.69, 9.17) is 15.2 Å². The van der Waals surface area contributed by atoms with E-state index in [2.05, 4.69) is 15.4 Å². The van der Waals surface area contributed by atoms with Crippen LogP contribution in [-0.2, 0) is 6.54 Å². The molecule has 1 aliphatic heterocycles. The second-order valence-corrected chi connectivity index (χ2v) is 6.17. The third-order valence-corrected chi connectivity index (χ3v) is 4.11. The quantitative estimate of drug-likeness (QED) is 0.550. The molecule has 7 nitrogen and oxygen atoms in total. The Morgan fingerprint density at radius 1 is 1.11 bits per heavy atom. The summed E-state index contributed by atoms with van der Waals surface area (Å²) in [5, 5.41) is 7.45. The number of benzene rings is 2. The number of hydrogen-bond donors (Lipinski definition) is 2. The van der Waals surface area contributed by atoms with Crippen LogP contribution in [0.3, 0.4) is 0 Å². The Morgan fingerprint density at radius 3 is 2.78 bits per heavy atom. The SMILES string of the molecule is NC(=NCc1cnn(-c2ccccc2)c1)Nc1ccc2c(c1)OCCCO2. The van der Waals surface area contributed by atoms with Crippen molar-refractivity contribution in [3.8, 4) is 17.2 Å². The van der Waals surface area contributed by atoms with Crippen LogP contribution in [0.2, 0.25) is 0 Å². The van der Waals surface area contributed by atoms with Gasteiger partial charge in [-0.2, -0.15) is 5.10 Å². The maximum atomic E-state index is 6.02. The Kier molecular flexibility index (Phi) is 4.91. The van der Waals surface area contributed by atoms with E-state index in [-0.39, 0.29) is 0 Å². The van der Waals surface area contributed by atoms with Gasteiger partial charge < -0.3 is 20.5 Å². The molecule has 0 spiro atoms. The van der Waals surface area contributed by atoms with Crippen molar-refractivity contribution in [3.05, 3.63) is 66.5 Å². The van der Waals surface area contributed by atoms with Gasteiger partial charge in [0.2, 0.25) is 0 Å². The molecule has 3 aromatic rings. The van der Waals surface area contributed by atoms with Gasteiger partial charge >= 0.3 is 0 Å². The molecule has 0 bridgehead atoms. The first kappa shape index (κ1) is 17.0. The molecule has 0 saturated carbocycles. The van der Waals surface area contributed by atoms with Gasteiger partial charge in [-0.05, 0) is 24.3 Å². The minimum atomic E-state index is 0.331. The lowest BCUT2D eigenvalue weighted by molar-refractivity contribution is 0.297. The van der Waals surface area contributed by atoms with Crippen molar-refractivity contribution in [2.75, 3.05) is 18.5 Å². The van der Waals surface area contributed by atoms with Crippen molar-refractivity contribution in [1.82, 2.24) is 9.78 Å². The molecule has 0 radical (unpaired) electrons. The Morgan fingerprint density at radius 2 is 1.93 bits per heavy atom. The number of aliphatic imine (C=N–C) groups is 1. The van der Waals surface area contributed by atoms with Crippen LogP contribution < -0.4 is 20.5 Å². The van der Waals surface area contributed by atoms with E-state index in [0.29, 0.717) is 25.7 Å². The van der Waals surface area contributed by atoms with Crippen molar-refractivity contribution in [1.29, 1.82) is 0 Å². The molecule has 2 aromatic carbocycles. The normalized spacial score (nSPS) is 13.9. The van der Waals surface area contributed by atoms with Gasteiger partial charge in [0.1, 0.15) is 0 Å². The lowest BCUT2D eigenvalue weighted by Gasteiger charge is -2.10. The summed E-state index contributed by atoms with van der Waals surface area (Å²) in [6, 6.07) is 15.6. The van der Waals surface area contributed by atoms with Crippen LogP contribution in [0.1, 0.15) is 12.0 Å². The second-order valence-electron chi connectivity index (χ2n) is 6.17. The molecule has 138 valence electrons. The van der Waals surface area contributed by atoms with Gasteiger partial charge in [-0.15, -0.1) is 0 Å². The van der Waals surface area contributed by atoms with E-state index >= 15 is 0 Å². The van der Waals surface area contributed by atoms with E-state index < -0.39 is 0 Å². The van der Waals surface area contributed by atoms with E-state index in [1.807, 2.05) is 59.4 Å². The first-order chi connectivity index (χ1) is 13.3. The summed E-state index contributed by atoms with van der Waals surface area (Å²) in [6.45, 7) is 1.75. The molecule has 0 amide bonds. The number of anilines is 1. The topological polar surface area (TPSA) is 86.7 Å². The zero-order valence-corrected chi connectivity index (χ0v) is 14.8. The van der Waals surface area contributed by atoms with Crippen LogP contribution in [0.5, 0.6) is 11.5 Å². The number of guanidine groups is 1. The fourth-order valence-corrected chi connectivity index (χ4v) is 2.77. The molecule has 3 N–H and O–H groups in total. The predicted molar refractivity (Wildman–Crippen MR) is 105 cm³/mol. The van der Waals surface area contributed by atoms with E-state index in [1.165, 1.54) is 0 Å². The summed E-state index contributed by atoms with van der Waals surface area (Å²) in [5.41, 5.74) is 8.80. The zero-order chi connectivity index (χ0) is 18.5. The summed E-state index contributed by atoms with van der Waals surface area (Å²) in [6.07, 6.45) is 4.61. The third kappa shape index (κ3) is 4.20. The average molecular weight is 363 g/mol. The second kappa shape index (κ2) is 7.82. The Bertz CT molecular complexity index is 937. The number of rotatable bonds is 4. The largest absolute Gasteiger partial charge is 0.490 e. The average Bonchev–Trinajstić information content (AvgIpc) is 3.05. The third-order valence-electron chi connectivity index (χ3n) is 4.11. The minimum absolute atomic E-state index is 0.331. The molecule has 0 atom stereocenters. The van der Waals surface area contributed by atoms with Crippen LogP contribution >= 0.6 is 0 Å². The number of nitrogens with zero attached hydrogens (tertiary/aromatic N) is 3.